The summed E-state index contributed by atoms with van der Waals surface area (Å²) in [6.45, 7) is 1.03. The maximum Gasteiger partial charge on any atom is 0.247 e. The van der Waals surface area contributed by atoms with E-state index in [1.54, 1.807) is 0 Å². The zero-order valence-electron chi connectivity index (χ0n) is 15.5. The van der Waals surface area contributed by atoms with E-state index in [1.807, 2.05) is 60.7 Å². The lowest BCUT2D eigenvalue weighted by Crippen LogP contribution is -2.50. The third kappa shape index (κ3) is 9.49. The normalized spacial score (nSPS) is 9.66. The first kappa shape index (κ1) is 22.1. The summed E-state index contributed by atoms with van der Waals surface area (Å²) in [6.07, 6.45) is -0.400. The lowest BCUT2D eigenvalue weighted by atomic mass is 10.2. The highest BCUT2D eigenvalue weighted by atomic mass is 32.1. The van der Waals surface area contributed by atoms with E-state index in [9.17, 15) is 9.59 Å². The molecule has 0 fully saturated rings. The smallest absolute Gasteiger partial charge is 0.247 e. The van der Waals surface area contributed by atoms with Crippen molar-refractivity contribution in [3.63, 3.8) is 0 Å². The summed E-state index contributed by atoms with van der Waals surface area (Å²) < 4.78 is 0. The molecule has 0 unspecified atom stereocenters. The van der Waals surface area contributed by atoms with E-state index in [4.69, 9.17) is 24.4 Å². The van der Waals surface area contributed by atoms with Crippen LogP contribution in [0.15, 0.2) is 60.7 Å². The number of thiocarbonyl (C=S) groups is 2. The summed E-state index contributed by atoms with van der Waals surface area (Å²) in [5.74, 6) is -1.09. The van der Waals surface area contributed by atoms with Crippen molar-refractivity contribution >= 4 is 46.5 Å². The predicted molar refractivity (Wildman–Crippen MR) is 119 cm³/mol. The predicted octanol–water partition coefficient (Wildman–Crippen LogP) is 0.768. The summed E-state index contributed by atoms with van der Waals surface area (Å²) in [5.41, 5.74) is 11.9. The molecule has 8 nitrogen and oxygen atoms in total. The quantitative estimate of drug-likeness (QED) is 0.227. The van der Waals surface area contributed by atoms with Gasteiger partial charge in [0.05, 0.1) is 0 Å². The van der Waals surface area contributed by atoms with Crippen LogP contribution < -0.4 is 32.3 Å². The molecule has 2 aromatic carbocycles. The largest absolute Gasteiger partial charge is 0.357 e. The van der Waals surface area contributed by atoms with Crippen molar-refractivity contribution in [2.45, 2.75) is 19.5 Å². The van der Waals surface area contributed by atoms with Crippen molar-refractivity contribution < 1.29 is 9.59 Å². The van der Waals surface area contributed by atoms with E-state index >= 15 is 0 Å². The Hall–Kier alpha value is -3.24. The van der Waals surface area contributed by atoms with Gasteiger partial charge in [-0.25, -0.2) is 0 Å². The van der Waals surface area contributed by atoms with Crippen LogP contribution in [0.5, 0.6) is 0 Å². The number of rotatable bonds is 6. The molecule has 10 heteroatoms. The number of hydrazine groups is 2. The Balaban J connectivity index is 1.56. The van der Waals surface area contributed by atoms with Gasteiger partial charge in [-0.05, 0) is 35.6 Å². The SMILES string of the molecule is O=C(CC(=O)NNC(=S)NCc1ccccc1)NNC(=S)NCc1ccccc1. The van der Waals surface area contributed by atoms with Crippen molar-refractivity contribution in [3.05, 3.63) is 71.8 Å². The lowest BCUT2D eigenvalue weighted by Gasteiger charge is -2.13. The fourth-order valence-electron chi connectivity index (χ4n) is 2.13. The molecule has 0 heterocycles. The molecule has 0 atom stereocenters. The molecule has 0 saturated heterocycles. The third-order valence-electron chi connectivity index (χ3n) is 3.54. The first-order valence-corrected chi connectivity index (χ1v) is 9.58. The average molecular weight is 431 g/mol. The molecule has 0 aliphatic rings. The number of hydrogen-bond donors (Lipinski definition) is 6. The standard InChI is InChI=1S/C19H22N6O2S2/c26-16(22-24-18(28)20-12-14-7-3-1-4-8-14)11-17(27)23-25-19(29)21-13-15-9-5-2-6-10-15/h1-10H,11-13H2,(H,22,26)(H,23,27)(H2,20,24,28)(H2,21,25,29). The number of carbonyl (C=O) groups excluding carboxylic acids is 2. The van der Waals surface area contributed by atoms with Gasteiger partial charge < -0.3 is 10.6 Å². The van der Waals surface area contributed by atoms with Gasteiger partial charge in [-0.3, -0.25) is 31.3 Å². The van der Waals surface area contributed by atoms with E-state index in [1.165, 1.54) is 0 Å². The molecule has 0 spiro atoms. The van der Waals surface area contributed by atoms with E-state index in [0.29, 0.717) is 13.1 Å². The van der Waals surface area contributed by atoms with E-state index < -0.39 is 18.2 Å². The second kappa shape index (κ2) is 12.3. The Bertz CT molecular complexity index is 764. The molecule has 2 aromatic rings. The summed E-state index contributed by atoms with van der Waals surface area (Å²) >= 11 is 10.1. The molecular weight excluding hydrogens is 408 g/mol. The number of benzene rings is 2. The Morgan fingerprint density at radius 3 is 1.38 bits per heavy atom. The lowest BCUT2D eigenvalue weighted by molar-refractivity contribution is -0.129. The monoisotopic (exact) mass is 430 g/mol. The van der Waals surface area contributed by atoms with Crippen LogP contribution in [0.3, 0.4) is 0 Å². The van der Waals surface area contributed by atoms with Crippen LogP contribution in [0.4, 0.5) is 0 Å². The van der Waals surface area contributed by atoms with Gasteiger partial charge in [-0.15, -0.1) is 0 Å². The Morgan fingerprint density at radius 1 is 0.621 bits per heavy atom. The molecule has 6 N–H and O–H groups in total. The van der Waals surface area contributed by atoms with Crippen LogP contribution in [0, 0.1) is 0 Å². The van der Waals surface area contributed by atoms with Crippen LogP contribution in [-0.4, -0.2) is 22.0 Å². The Kier molecular flexibility index (Phi) is 9.33. The van der Waals surface area contributed by atoms with Gasteiger partial charge in [0.25, 0.3) is 0 Å². The summed E-state index contributed by atoms with van der Waals surface area (Å²) in [6, 6.07) is 19.3. The maximum atomic E-state index is 11.8. The first-order chi connectivity index (χ1) is 14.0. The van der Waals surface area contributed by atoms with E-state index in [2.05, 4.69) is 32.3 Å². The Morgan fingerprint density at radius 2 is 1.00 bits per heavy atom. The van der Waals surface area contributed by atoms with Crippen molar-refractivity contribution in [3.8, 4) is 0 Å². The van der Waals surface area contributed by atoms with Gasteiger partial charge in [0.15, 0.2) is 10.2 Å². The maximum absolute atomic E-state index is 11.8. The fourth-order valence-corrected chi connectivity index (χ4v) is 2.38. The zero-order valence-corrected chi connectivity index (χ0v) is 17.2. The van der Waals surface area contributed by atoms with Crippen molar-refractivity contribution in [1.82, 2.24) is 32.3 Å². The molecule has 2 rings (SSSR count). The first-order valence-electron chi connectivity index (χ1n) is 8.76. The molecule has 152 valence electrons. The minimum absolute atomic E-state index is 0.243. The van der Waals surface area contributed by atoms with Crippen LogP contribution in [0.25, 0.3) is 0 Å². The van der Waals surface area contributed by atoms with Gasteiger partial charge in [0.1, 0.15) is 6.42 Å². The summed E-state index contributed by atoms with van der Waals surface area (Å²) in [5, 5.41) is 6.37. The highest BCUT2D eigenvalue weighted by Crippen LogP contribution is 1.97. The van der Waals surface area contributed by atoms with Gasteiger partial charge in [0.2, 0.25) is 11.8 Å². The topological polar surface area (TPSA) is 106 Å². The molecular formula is C19H22N6O2S2. The fraction of sp³-hybridized carbons (Fsp3) is 0.158. The number of amides is 2. The molecule has 29 heavy (non-hydrogen) atoms. The number of nitrogens with one attached hydrogen (secondary N) is 6. The van der Waals surface area contributed by atoms with E-state index in [0.717, 1.165) is 11.1 Å². The van der Waals surface area contributed by atoms with Gasteiger partial charge in [-0.2, -0.15) is 0 Å². The zero-order chi connectivity index (χ0) is 20.9. The molecule has 0 aromatic heterocycles. The van der Waals surface area contributed by atoms with Crippen molar-refractivity contribution in [2.75, 3.05) is 0 Å². The van der Waals surface area contributed by atoms with Crippen molar-refractivity contribution in [2.24, 2.45) is 0 Å². The molecule has 0 aliphatic heterocycles. The van der Waals surface area contributed by atoms with Crippen LogP contribution in [0.1, 0.15) is 17.5 Å². The van der Waals surface area contributed by atoms with Crippen molar-refractivity contribution in [1.29, 1.82) is 0 Å². The number of carbonyl (C=O) groups is 2. The highest BCUT2D eigenvalue weighted by Gasteiger charge is 2.09. The molecule has 0 radical (unpaired) electrons. The van der Waals surface area contributed by atoms with Crippen LogP contribution >= 0.6 is 24.4 Å². The molecule has 0 saturated carbocycles. The highest BCUT2D eigenvalue weighted by molar-refractivity contribution is 7.80. The van der Waals surface area contributed by atoms with Gasteiger partial charge in [0, 0.05) is 13.1 Å². The molecule has 2 amide bonds. The molecule has 0 bridgehead atoms. The van der Waals surface area contributed by atoms with E-state index in [-0.39, 0.29) is 10.2 Å². The minimum Gasteiger partial charge on any atom is -0.357 e. The van der Waals surface area contributed by atoms with Gasteiger partial charge in [-0.1, -0.05) is 60.7 Å². The minimum atomic E-state index is -0.545. The number of hydrogen-bond acceptors (Lipinski definition) is 4. The summed E-state index contributed by atoms with van der Waals surface area (Å²) in [4.78, 5) is 23.6. The molecule has 0 aliphatic carbocycles. The second-order valence-electron chi connectivity index (χ2n) is 5.86. The van der Waals surface area contributed by atoms with Crippen LogP contribution in [0.2, 0.25) is 0 Å². The van der Waals surface area contributed by atoms with Gasteiger partial charge >= 0.3 is 0 Å². The van der Waals surface area contributed by atoms with Crippen LogP contribution in [-0.2, 0) is 22.7 Å². The average Bonchev–Trinajstić information content (AvgIpc) is 2.75. The summed E-state index contributed by atoms with van der Waals surface area (Å²) in [7, 11) is 0. The third-order valence-corrected chi connectivity index (χ3v) is 4.04. The second-order valence-corrected chi connectivity index (χ2v) is 6.68. The Labute approximate surface area is 179 Å².